The minimum Gasteiger partial charge on any atom is -0.433 e. The normalized spacial score (nSPS) is 12.4. The van der Waals surface area contributed by atoms with Gasteiger partial charge in [0.1, 0.15) is 23.0 Å². The van der Waals surface area contributed by atoms with Gasteiger partial charge in [0.15, 0.2) is 0 Å². The van der Waals surface area contributed by atoms with Crippen LogP contribution in [0, 0.1) is 0 Å². The Kier molecular flexibility index (Phi) is 5.12. The molecule has 0 amide bonds. The minimum atomic E-state index is -3.88. The first-order chi connectivity index (χ1) is 11.1. The van der Waals surface area contributed by atoms with Crippen LogP contribution in [0.1, 0.15) is 32.2 Å². The first-order valence-electron chi connectivity index (χ1n) is 7.07. The van der Waals surface area contributed by atoms with Gasteiger partial charge in [0.2, 0.25) is 10.0 Å². The standard InChI is InChI=1S/C15H18F2N2O4S/c1-15(2,3)13-8-10(18-23-13)9-24(20,21)19-11-6-4-5-7-12(11)22-14(16)17/h4-8,14,19H,9H2,1-3H3. The zero-order chi connectivity index (χ0) is 18.0. The lowest BCUT2D eigenvalue weighted by Gasteiger charge is -2.12. The highest BCUT2D eigenvalue weighted by molar-refractivity contribution is 7.91. The van der Waals surface area contributed by atoms with E-state index in [2.05, 4.69) is 14.6 Å². The number of benzene rings is 1. The van der Waals surface area contributed by atoms with E-state index in [1.807, 2.05) is 20.8 Å². The number of hydrogen-bond acceptors (Lipinski definition) is 5. The number of nitrogens with one attached hydrogen (secondary N) is 1. The summed E-state index contributed by atoms with van der Waals surface area (Å²) in [6, 6.07) is 7.10. The van der Waals surface area contributed by atoms with Crippen LogP contribution in [0.15, 0.2) is 34.9 Å². The molecule has 2 rings (SSSR count). The molecule has 0 fully saturated rings. The predicted molar refractivity (Wildman–Crippen MR) is 84.5 cm³/mol. The van der Waals surface area contributed by atoms with E-state index in [-0.39, 0.29) is 22.5 Å². The molecule has 0 radical (unpaired) electrons. The molecule has 0 saturated heterocycles. The number of hydrogen-bond donors (Lipinski definition) is 1. The molecule has 0 spiro atoms. The quantitative estimate of drug-likeness (QED) is 0.852. The van der Waals surface area contributed by atoms with Gasteiger partial charge in [-0.05, 0) is 12.1 Å². The molecule has 9 heteroatoms. The highest BCUT2D eigenvalue weighted by atomic mass is 32.2. The number of rotatable bonds is 6. The van der Waals surface area contributed by atoms with E-state index < -0.39 is 22.4 Å². The van der Waals surface area contributed by atoms with Gasteiger partial charge in [-0.25, -0.2) is 8.42 Å². The second-order valence-corrected chi connectivity index (χ2v) is 7.89. The monoisotopic (exact) mass is 360 g/mol. The Morgan fingerprint density at radius 3 is 2.54 bits per heavy atom. The van der Waals surface area contributed by atoms with Crippen LogP contribution in [-0.2, 0) is 21.2 Å². The molecule has 0 saturated carbocycles. The average molecular weight is 360 g/mol. The van der Waals surface area contributed by atoms with E-state index in [0.717, 1.165) is 0 Å². The smallest absolute Gasteiger partial charge is 0.387 e. The van der Waals surface area contributed by atoms with Crippen LogP contribution in [0.25, 0.3) is 0 Å². The summed E-state index contributed by atoms with van der Waals surface area (Å²) in [7, 11) is -3.88. The van der Waals surface area contributed by atoms with Gasteiger partial charge in [-0.1, -0.05) is 38.1 Å². The Hall–Kier alpha value is -2.16. The van der Waals surface area contributed by atoms with Crippen LogP contribution in [0.2, 0.25) is 0 Å². The topological polar surface area (TPSA) is 81.4 Å². The zero-order valence-corrected chi connectivity index (χ0v) is 14.2. The molecule has 0 aliphatic rings. The van der Waals surface area contributed by atoms with Gasteiger partial charge < -0.3 is 9.26 Å². The molecular weight excluding hydrogens is 342 g/mol. The number of aromatic nitrogens is 1. The van der Waals surface area contributed by atoms with Gasteiger partial charge in [-0.3, -0.25) is 4.72 Å². The maximum atomic E-state index is 12.4. The van der Waals surface area contributed by atoms with Crippen molar-refractivity contribution in [3.8, 4) is 5.75 Å². The Labute approximate surface area is 138 Å². The fourth-order valence-electron chi connectivity index (χ4n) is 1.88. The molecule has 24 heavy (non-hydrogen) atoms. The second kappa shape index (κ2) is 6.76. The average Bonchev–Trinajstić information content (AvgIpc) is 2.87. The van der Waals surface area contributed by atoms with E-state index >= 15 is 0 Å². The lowest BCUT2D eigenvalue weighted by Crippen LogP contribution is -2.16. The summed E-state index contributed by atoms with van der Waals surface area (Å²) in [4.78, 5) is 0. The summed E-state index contributed by atoms with van der Waals surface area (Å²) in [6.45, 7) is 2.66. The molecule has 1 N–H and O–H groups in total. The number of para-hydroxylation sites is 2. The summed E-state index contributed by atoms with van der Waals surface area (Å²) >= 11 is 0. The van der Waals surface area contributed by atoms with Crippen LogP contribution in [0.5, 0.6) is 5.75 Å². The molecule has 1 aromatic heterocycles. The molecule has 0 bridgehead atoms. The first kappa shape index (κ1) is 18.2. The van der Waals surface area contributed by atoms with Crippen molar-refractivity contribution in [2.75, 3.05) is 4.72 Å². The Morgan fingerprint density at radius 1 is 1.29 bits per heavy atom. The third kappa shape index (κ3) is 4.92. The molecule has 132 valence electrons. The van der Waals surface area contributed by atoms with E-state index in [1.165, 1.54) is 24.3 Å². The van der Waals surface area contributed by atoms with Crippen LogP contribution in [0.4, 0.5) is 14.5 Å². The van der Waals surface area contributed by atoms with Gasteiger partial charge in [0.05, 0.1) is 5.69 Å². The molecular formula is C15H18F2N2O4S. The number of nitrogens with zero attached hydrogens (tertiary/aromatic N) is 1. The van der Waals surface area contributed by atoms with Crippen molar-refractivity contribution in [2.45, 2.75) is 38.6 Å². The van der Waals surface area contributed by atoms with Crippen molar-refractivity contribution in [2.24, 2.45) is 0 Å². The zero-order valence-electron chi connectivity index (χ0n) is 13.4. The Bertz CT molecular complexity index is 798. The van der Waals surface area contributed by atoms with Gasteiger partial charge in [-0.15, -0.1) is 0 Å². The van der Waals surface area contributed by atoms with Crippen LogP contribution >= 0.6 is 0 Å². The predicted octanol–water partition coefficient (Wildman–Crippen LogP) is 3.52. The summed E-state index contributed by atoms with van der Waals surface area (Å²) < 4.78 is 60.9. The van der Waals surface area contributed by atoms with Gasteiger partial charge in [0, 0.05) is 11.5 Å². The van der Waals surface area contributed by atoms with Crippen molar-refractivity contribution in [1.82, 2.24) is 5.16 Å². The molecule has 2 aromatic rings. The fourth-order valence-corrected chi connectivity index (χ4v) is 2.98. The lowest BCUT2D eigenvalue weighted by atomic mass is 9.93. The highest BCUT2D eigenvalue weighted by Crippen LogP contribution is 2.28. The number of sulfonamides is 1. The molecule has 0 unspecified atom stereocenters. The Morgan fingerprint density at radius 2 is 1.96 bits per heavy atom. The first-order valence-corrected chi connectivity index (χ1v) is 8.72. The van der Waals surface area contributed by atoms with Gasteiger partial charge in [-0.2, -0.15) is 8.78 Å². The SMILES string of the molecule is CC(C)(C)c1cc(CS(=O)(=O)Nc2ccccc2OC(F)F)no1. The summed E-state index contributed by atoms with van der Waals surface area (Å²) in [5.74, 6) is -0.156. The Balaban J connectivity index is 2.16. The molecule has 1 aromatic carbocycles. The van der Waals surface area contributed by atoms with Crippen molar-refractivity contribution in [3.63, 3.8) is 0 Å². The van der Waals surface area contributed by atoms with Crippen molar-refractivity contribution >= 4 is 15.7 Å². The molecule has 0 aliphatic carbocycles. The minimum absolute atomic E-state index is 0.0719. The van der Waals surface area contributed by atoms with Crippen molar-refractivity contribution in [3.05, 3.63) is 41.8 Å². The van der Waals surface area contributed by atoms with Crippen LogP contribution in [0.3, 0.4) is 0 Å². The van der Waals surface area contributed by atoms with Crippen LogP contribution in [-0.4, -0.2) is 20.2 Å². The molecule has 0 aliphatic heterocycles. The van der Waals surface area contributed by atoms with Crippen molar-refractivity contribution in [1.29, 1.82) is 0 Å². The summed E-state index contributed by atoms with van der Waals surface area (Å²) in [6.07, 6.45) is 0. The number of halogens is 2. The van der Waals surface area contributed by atoms with Crippen LogP contribution < -0.4 is 9.46 Å². The third-order valence-electron chi connectivity index (χ3n) is 3.00. The van der Waals surface area contributed by atoms with E-state index in [0.29, 0.717) is 5.76 Å². The fraction of sp³-hybridized carbons (Fsp3) is 0.400. The second-order valence-electron chi connectivity index (χ2n) is 6.17. The molecule has 6 nitrogen and oxygen atoms in total. The number of alkyl halides is 2. The summed E-state index contributed by atoms with van der Waals surface area (Å²) in [5, 5.41) is 3.73. The largest absolute Gasteiger partial charge is 0.433 e. The lowest BCUT2D eigenvalue weighted by molar-refractivity contribution is -0.0493. The van der Waals surface area contributed by atoms with Gasteiger partial charge >= 0.3 is 6.61 Å². The van der Waals surface area contributed by atoms with E-state index in [1.54, 1.807) is 6.07 Å². The van der Waals surface area contributed by atoms with E-state index in [9.17, 15) is 17.2 Å². The van der Waals surface area contributed by atoms with Gasteiger partial charge in [0.25, 0.3) is 0 Å². The third-order valence-corrected chi connectivity index (χ3v) is 4.21. The number of anilines is 1. The maximum absolute atomic E-state index is 12.4. The highest BCUT2D eigenvalue weighted by Gasteiger charge is 2.23. The number of ether oxygens (including phenoxy) is 1. The maximum Gasteiger partial charge on any atom is 0.387 e. The van der Waals surface area contributed by atoms with Crippen molar-refractivity contribution < 1.29 is 26.5 Å². The molecule has 0 atom stereocenters. The van der Waals surface area contributed by atoms with E-state index in [4.69, 9.17) is 4.52 Å². The molecule has 1 heterocycles. The summed E-state index contributed by atoms with van der Waals surface area (Å²) in [5.41, 5.74) is -0.155.